The van der Waals surface area contributed by atoms with E-state index >= 15 is 0 Å². The molecule has 1 unspecified atom stereocenters. The molecule has 1 saturated heterocycles. The van der Waals surface area contributed by atoms with Gasteiger partial charge in [-0.25, -0.2) is 4.98 Å². The second-order valence-corrected chi connectivity index (χ2v) is 9.16. The molecule has 1 aliphatic heterocycles. The Balaban J connectivity index is 1.61. The van der Waals surface area contributed by atoms with E-state index in [1.807, 2.05) is 25.1 Å². The smallest absolute Gasteiger partial charge is 0.222 e. The number of anilines is 3. The first-order chi connectivity index (χ1) is 14.5. The maximum atomic E-state index is 6.72. The summed E-state index contributed by atoms with van der Waals surface area (Å²) in [5.41, 5.74) is 10.1. The highest BCUT2D eigenvalue weighted by molar-refractivity contribution is 6.31. The molecule has 0 radical (unpaired) electrons. The Labute approximate surface area is 184 Å². The predicted molar refractivity (Wildman–Crippen MR) is 126 cm³/mol. The monoisotopic (exact) mass is 425 g/mol. The number of nitrogens with two attached hydrogens (primary N) is 1. The number of aryl methyl sites for hydroxylation is 1. The van der Waals surface area contributed by atoms with E-state index in [1.54, 1.807) is 0 Å². The molecule has 5 nitrogen and oxygen atoms in total. The lowest BCUT2D eigenvalue weighted by Crippen LogP contribution is -2.30. The molecule has 4 rings (SSSR count). The zero-order chi connectivity index (χ0) is 21.1. The lowest BCUT2D eigenvalue weighted by Gasteiger charge is -2.32. The number of benzene rings is 1. The normalized spacial score (nSPS) is 19.8. The number of nitrogens with one attached hydrogen (secondary N) is 1. The van der Waals surface area contributed by atoms with E-state index in [1.165, 1.54) is 32.1 Å². The second kappa shape index (κ2) is 9.25. The molecule has 1 aliphatic carbocycles. The number of rotatable bonds is 6. The van der Waals surface area contributed by atoms with E-state index in [9.17, 15) is 0 Å². The van der Waals surface area contributed by atoms with Crippen molar-refractivity contribution in [3.05, 3.63) is 52.8 Å². The van der Waals surface area contributed by atoms with Crippen LogP contribution < -0.4 is 16.0 Å². The van der Waals surface area contributed by atoms with Gasteiger partial charge in [-0.15, -0.1) is 0 Å². The van der Waals surface area contributed by atoms with Gasteiger partial charge in [-0.1, -0.05) is 50.3 Å². The van der Waals surface area contributed by atoms with Gasteiger partial charge in [0, 0.05) is 34.7 Å². The highest BCUT2D eigenvalue weighted by atomic mass is 35.5. The number of hydrogen-bond donors (Lipinski definition) is 2. The molecule has 0 amide bonds. The van der Waals surface area contributed by atoms with Crippen LogP contribution in [0.25, 0.3) is 0 Å². The molecule has 160 valence electrons. The van der Waals surface area contributed by atoms with Crippen LogP contribution in [0.2, 0.25) is 5.02 Å². The van der Waals surface area contributed by atoms with E-state index in [4.69, 9.17) is 17.3 Å². The van der Waals surface area contributed by atoms with Crippen molar-refractivity contribution in [3.63, 3.8) is 0 Å². The zero-order valence-electron chi connectivity index (χ0n) is 17.8. The van der Waals surface area contributed by atoms with Crippen LogP contribution in [-0.4, -0.2) is 16.5 Å². The molecule has 2 aliphatic rings. The lowest BCUT2D eigenvalue weighted by atomic mass is 9.82. The minimum absolute atomic E-state index is 0.162. The van der Waals surface area contributed by atoms with Crippen molar-refractivity contribution >= 4 is 29.1 Å². The Morgan fingerprint density at radius 1 is 1.17 bits per heavy atom. The maximum Gasteiger partial charge on any atom is 0.222 e. The van der Waals surface area contributed by atoms with Gasteiger partial charge in [-0.05, 0) is 55.9 Å². The Hall–Kier alpha value is -2.27. The molecule has 2 aromatic rings. The summed E-state index contributed by atoms with van der Waals surface area (Å²) in [6.45, 7) is 7.14. The molecule has 6 heteroatoms. The van der Waals surface area contributed by atoms with Crippen molar-refractivity contribution in [1.29, 1.82) is 0 Å². The van der Waals surface area contributed by atoms with Gasteiger partial charge in [0.1, 0.15) is 5.82 Å². The van der Waals surface area contributed by atoms with E-state index in [-0.39, 0.29) is 6.04 Å². The van der Waals surface area contributed by atoms with Crippen LogP contribution in [0.3, 0.4) is 0 Å². The summed E-state index contributed by atoms with van der Waals surface area (Å²) in [7, 11) is 0. The summed E-state index contributed by atoms with van der Waals surface area (Å²) in [5, 5.41) is 4.31. The summed E-state index contributed by atoms with van der Waals surface area (Å²) in [5.74, 6) is 2.00. The summed E-state index contributed by atoms with van der Waals surface area (Å²) < 4.78 is 0. The fourth-order valence-corrected chi connectivity index (χ4v) is 4.85. The van der Waals surface area contributed by atoms with Crippen LogP contribution >= 0.6 is 11.6 Å². The number of allylic oxidation sites excluding steroid dienone is 1. The molecule has 1 saturated carbocycles. The highest BCUT2D eigenvalue weighted by Crippen LogP contribution is 2.38. The molecule has 0 bridgehead atoms. The number of nitrogens with zero attached hydrogens (tertiary/aromatic N) is 3. The SMILES string of the molecule is C=C(CC1CCC1)Nc1ccc(Cl)c(C2CCCCCN2c2cc(C)nc(N)n2)c1. The molecule has 1 atom stereocenters. The van der Waals surface area contributed by atoms with Gasteiger partial charge in [0.2, 0.25) is 5.95 Å². The van der Waals surface area contributed by atoms with Crippen LogP contribution in [0.15, 0.2) is 36.5 Å². The Morgan fingerprint density at radius 2 is 2.00 bits per heavy atom. The lowest BCUT2D eigenvalue weighted by molar-refractivity contribution is 0.314. The minimum Gasteiger partial charge on any atom is -0.368 e. The summed E-state index contributed by atoms with van der Waals surface area (Å²) in [6.07, 6.45) is 9.60. The molecular weight excluding hydrogens is 394 g/mol. The molecule has 2 heterocycles. The zero-order valence-corrected chi connectivity index (χ0v) is 18.6. The fourth-order valence-electron chi connectivity index (χ4n) is 4.60. The maximum absolute atomic E-state index is 6.72. The third-order valence-corrected chi connectivity index (χ3v) is 6.69. The van der Waals surface area contributed by atoms with E-state index < -0.39 is 0 Å². The quantitative estimate of drug-likeness (QED) is 0.571. The first kappa shape index (κ1) is 21.0. The molecular formula is C24H32ClN5. The fraction of sp³-hybridized carbons (Fsp3) is 0.500. The van der Waals surface area contributed by atoms with E-state index in [2.05, 4.69) is 32.8 Å². The topological polar surface area (TPSA) is 67.1 Å². The summed E-state index contributed by atoms with van der Waals surface area (Å²) in [6, 6.07) is 8.42. The molecule has 0 spiro atoms. The van der Waals surface area contributed by atoms with Crippen LogP contribution in [0.1, 0.15) is 68.7 Å². The van der Waals surface area contributed by atoms with Gasteiger partial charge in [0.05, 0.1) is 6.04 Å². The number of hydrogen-bond acceptors (Lipinski definition) is 5. The Bertz CT molecular complexity index is 888. The first-order valence-electron chi connectivity index (χ1n) is 11.1. The first-order valence-corrected chi connectivity index (χ1v) is 11.5. The summed E-state index contributed by atoms with van der Waals surface area (Å²) >= 11 is 6.72. The molecule has 1 aromatic carbocycles. The van der Waals surface area contributed by atoms with Crippen molar-refractivity contribution < 1.29 is 0 Å². The Morgan fingerprint density at radius 3 is 2.73 bits per heavy atom. The molecule has 30 heavy (non-hydrogen) atoms. The highest BCUT2D eigenvalue weighted by Gasteiger charge is 2.27. The van der Waals surface area contributed by atoms with Crippen LogP contribution in [0.4, 0.5) is 17.5 Å². The van der Waals surface area contributed by atoms with E-state index in [0.29, 0.717) is 5.95 Å². The number of halogens is 1. The van der Waals surface area contributed by atoms with Crippen molar-refractivity contribution in [1.82, 2.24) is 9.97 Å². The van der Waals surface area contributed by atoms with Crippen molar-refractivity contribution in [3.8, 4) is 0 Å². The standard InChI is InChI=1S/C24H32ClN5/c1-16(13-18-7-6-8-18)27-19-10-11-21(25)20(15-19)22-9-4-3-5-12-30(22)23-14-17(2)28-24(26)29-23/h10-11,14-15,18,22,27H,1,3-9,12-13H2,2H3,(H2,26,28,29). The van der Waals surface area contributed by atoms with Gasteiger partial charge < -0.3 is 16.0 Å². The third kappa shape index (κ3) is 4.89. The van der Waals surface area contributed by atoms with Crippen LogP contribution in [0, 0.1) is 12.8 Å². The van der Waals surface area contributed by atoms with Gasteiger partial charge in [0.15, 0.2) is 0 Å². The van der Waals surface area contributed by atoms with Gasteiger partial charge >= 0.3 is 0 Å². The van der Waals surface area contributed by atoms with Gasteiger partial charge in [-0.3, -0.25) is 0 Å². The average molecular weight is 426 g/mol. The van der Waals surface area contributed by atoms with E-state index in [0.717, 1.165) is 65.2 Å². The number of aromatic nitrogens is 2. The molecule has 2 fully saturated rings. The Kier molecular flexibility index (Phi) is 6.47. The average Bonchev–Trinajstić information content (AvgIpc) is 2.91. The van der Waals surface area contributed by atoms with Gasteiger partial charge in [-0.2, -0.15) is 4.98 Å². The van der Waals surface area contributed by atoms with Gasteiger partial charge in [0.25, 0.3) is 0 Å². The van der Waals surface area contributed by atoms with Crippen molar-refractivity contribution in [2.24, 2.45) is 5.92 Å². The third-order valence-electron chi connectivity index (χ3n) is 6.34. The largest absolute Gasteiger partial charge is 0.368 e. The van der Waals surface area contributed by atoms with Crippen LogP contribution in [0.5, 0.6) is 0 Å². The molecule has 3 N–H and O–H groups in total. The predicted octanol–water partition coefficient (Wildman–Crippen LogP) is 6.26. The summed E-state index contributed by atoms with van der Waals surface area (Å²) in [4.78, 5) is 11.1. The van der Waals surface area contributed by atoms with Crippen molar-refractivity contribution in [2.75, 3.05) is 22.5 Å². The van der Waals surface area contributed by atoms with Crippen LogP contribution in [-0.2, 0) is 0 Å². The molecule has 1 aromatic heterocycles. The minimum atomic E-state index is 0.162. The van der Waals surface area contributed by atoms with Crippen molar-refractivity contribution in [2.45, 2.75) is 64.3 Å². The second-order valence-electron chi connectivity index (χ2n) is 8.75. The number of nitrogen functional groups attached to an aromatic ring is 1.